The largest absolute Gasteiger partial charge is 1.00 e. The molecule has 0 heterocycles. The smallest absolute Gasteiger partial charge is 0.604 e. The number of sulfonamides is 1. The summed E-state index contributed by atoms with van der Waals surface area (Å²) in [6.45, 7) is 0. The van der Waals surface area contributed by atoms with Crippen LogP contribution in [0.5, 0.6) is 0 Å². The summed E-state index contributed by atoms with van der Waals surface area (Å²) < 4.78 is 41.0. The van der Waals surface area contributed by atoms with Gasteiger partial charge in [-0.25, -0.2) is 0 Å². The first-order valence-corrected chi connectivity index (χ1v) is 4.32. The molecule has 9 heteroatoms. The van der Waals surface area contributed by atoms with E-state index in [4.69, 9.17) is 0 Å². The Labute approximate surface area is 67.1 Å². The van der Waals surface area contributed by atoms with Gasteiger partial charge in [-0.05, 0) is 0 Å². The molecule has 0 N–H and O–H groups in total. The first-order chi connectivity index (χ1) is 3.42. The second kappa shape index (κ2) is 5.26. The van der Waals surface area contributed by atoms with Crippen LogP contribution in [0.15, 0.2) is 0 Å². The zero-order valence-corrected chi connectivity index (χ0v) is 13.6. The zero-order chi connectivity index (χ0) is 6.78. The molecule has 0 aromatic carbocycles. The average Bonchev–Trinajstić information content (AvgIpc) is 1.21. The third kappa shape index (κ3) is 15.7. The quantitative estimate of drug-likeness (QED) is 0.337. The monoisotopic (exact) mass is 431 g/mol. The van der Waals surface area contributed by atoms with Crippen molar-refractivity contribution in [1.82, 2.24) is 0 Å². The summed E-state index contributed by atoms with van der Waals surface area (Å²) in [6, 6.07) is 0. The Bertz CT molecular complexity index is 224. The van der Waals surface area contributed by atoms with Gasteiger partial charge >= 0.3 is 18.9 Å². The van der Waals surface area contributed by atoms with Crippen LogP contribution in [0.4, 0.5) is 0 Å². The molecule has 0 aliphatic carbocycles. The van der Waals surface area contributed by atoms with Crippen molar-refractivity contribution in [3.63, 3.8) is 0 Å². The Balaban J connectivity index is -0.000000245. The van der Waals surface area contributed by atoms with Crippen molar-refractivity contribution < 1.29 is 35.7 Å². The maximum absolute atomic E-state index is 9.88. The summed E-state index contributed by atoms with van der Waals surface area (Å²) in [5, 5.41) is 0. The van der Waals surface area contributed by atoms with Crippen LogP contribution in [-0.2, 0) is 29.3 Å². The van der Waals surface area contributed by atoms with Crippen molar-refractivity contribution in [2.24, 2.45) is 0 Å². The number of hydrogen-bond donors (Lipinski definition) is 0. The molecule has 0 spiro atoms. The first kappa shape index (κ1) is 16.2. The molecular weight excluding hydrogens is 428 g/mol. The van der Waals surface area contributed by atoms with Gasteiger partial charge in [-0.1, -0.05) is 0 Å². The maximum Gasteiger partial charge on any atom is 1.00 e. The Morgan fingerprint density at radius 2 is 1.60 bits per heavy atom. The van der Waals surface area contributed by atoms with E-state index in [2.05, 4.69) is 4.13 Å². The standard InChI is InChI=1S/CH3NO4S2.Li.Rf/c1-8(5,6)2-7(3)4;;/h1H3;;/q-2;+1;. The zero-order valence-electron chi connectivity index (χ0n) is 5.60. The minimum atomic E-state index is -3.71. The normalized spacial score (nSPS) is 9.80. The van der Waals surface area contributed by atoms with Crippen molar-refractivity contribution in [1.29, 1.82) is 0 Å². The van der Waals surface area contributed by atoms with E-state index >= 15 is 0 Å². The summed E-state index contributed by atoms with van der Waals surface area (Å²) in [5.74, 6) is 0. The van der Waals surface area contributed by atoms with E-state index in [1.54, 1.807) is 0 Å². The van der Waals surface area contributed by atoms with Gasteiger partial charge in [-0.15, -0.1) is 0 Å². The molecule has 5 nitrogen and oxygen atoms in total. The fourth-order valence-corrected chi connectivity index (χ4v) is 0.995. The molecule has 0 aliphatic rings. The van der Waals surface area contributed by atoms with Gasteiger partial charge in [0.25, 0.3) is 0 Å². The van der Waals surface area contributed by atoms with Crippen molar-refractivity contribution in [3.8, 4) is 0 Å². The Kier molecular flexibility index (Phi) is 8.53. The van der Waals surface area contributed by atoms with Crippen molar-refractivity contribution in [3.05, 3.63) is 4.13 Å². The molecule has 0 fully saturated rings. The van der Waals surface area contributed by atoms with Gasteiger partial charge in [0, 0.05) is 6.26 Å². The summed E-state index contributed by atoms with van der Waals surface area (Å²) >= 11 is 0. The van der Waals surface area contributed by atoms with Crippen LogP contribution in [-0.4, -0.2) is 14.7 Å². The van der Waals surface area contributed by atoms with Crippen LogP contribution < -0.4 is 18.9 Å². The van der Waals surface area contributed by atoms with Gasteiger partial charge in [0.15, 0.2) is 0 Å². The SMILES string of the molecule is CS(=O)(=O)[N-][S-](=O)=O.[Li+].[Rf]. The molecule has 52 valence electrons. The second-order valence-electron chi connectivity index (χ2n) is 1.02. The number of nitrogens with zero attached hydrogens (tertiary/aromatic N) is 1. The third-order valence-corrected chi connectivity index (χ3v) is 1.77. The Morgan fingerprint density at radius 1 is 1.30 bits per heavy atom. The predicted octanol–water partition coefficient (Wildman–Crippen LogP) is -3.45. The van der Waals surface area contributed by atoms with Crippen LogP contribution >= 0.6 is 0 Å². The number of hydrogen-bond acceptors (Lipinski definition) is 5. The molecular formula is CH3LiNO4RfS2-. The van der Waals surface area contributed by atoms with Crippen LogP contribution in [0.25, 0.3) is 4.13 Å². The van der Waals surface area contributed by atoms with E-state index in [9.17, 15) is 16.8 Å². The summed E-state index contributed by atoms with van der Waals surface area (Å²) in [5.41, 5.74) is 0. The fraction of sp³-hybridized carbons (Fsp3) is 1.00. The molecule has 0 radical (unpaired) electrons. The molecule has 0 aromatic heterocycles. The van der Waals surface area contributed by atoms with Gasteiger partial charge in [-0.2, -0.15) is 10.9 Å². The molecule has 0 aliphatic heterocycles. The van der Waals surface area contributed by atoms with Crippen LogP contribution in [0, 0.1) is 0 Å². The second-order valence-corrected chi connectivity index (χ2v) is 3.52. The third-order valence-electron chi connectivity index (χ3n) is 0.196. The molecule has 0 saturated carbocycles. The van der Waals surface area contributed by atoms with Crippen LogP contribution in [0.2, 0.25) is 0 Å². The molecule has 10 heavy (non-hydrogen) atoms. The van der Waals surface area contributed by atoms with Crippen molar-refractivity contribution >= 4 is 20.9 Å². The summed E-state index contributed by atoms with van der Waals surface area (Å²) in [7, 11) is -6.56. The van der Waals surface area contributed by atoms with Crippen molar-refractivity contribution in [2.45, 2.75) is 0 Å². The maximum atomic E-state index is 9.88. The van der Waals surface area contributed by atoms with E-state index in [0.717, 1.165) is 0 Å². The molecule has 0 bridgehead atoms. The average molecular weight is 431 g/mol. The first-order valence-electron chi connectivity index (χ1n) is 1.44. The molecule has 0 saturated heterocycles. The molecule has 0 rings (SSSR count). The molecule has 0 aromatic rings. The topological polar surface area (TPSA) is 82.4 Å². The summed E-state index contributed by atoms with van der Waals surface area (Å²) in [6.07, 6.45) is 0.697. The minimum absolute atomic E-state index is 0. The Hall–Kier alpha value is -0.543. The van der Waals surface area contributed by atoms with Gasteiger partial charge in [0.05, 0.1) is 10.0 Å². The van der Waals surface area contributed by atoms with E-state index in [1.165, 1.54) is 0 Å². The van der Waals surface area contributed by atoms with E-state index in [-0.39, 0.29) is 18.9 Å². The Morgan fingerprint density at radius 3 is 1.60 bits per heavy atom. The minimum Gasteiger partial charge on any atom is -0.604 e. The van der Waals surface area contributed by atoms with Gasteiger partial charge in [-0.3, -0.25) is 8.42 Å². The van der Waals surface area contributed by atoms with Gasteiger partial charge in [0.1, 0.15) is 0 Å². The number of rotatable bonds is 2. The van der Waals surface area contributed by atoms with E-state index < -0.39 is 20.9 Å². The van der Waals surface area contributed by atoms with Crippen LogP contribution in [0.1, 0.15) is 0 Å². The van der Waals surface area contributed by atoms with E-state index in [0.29, 0.717) is 6.26 Å². The van der Waals surface area contributed by atoms with Gasteiger partial charge < -0.3 is 12.5 Å². The van der Waals surface area contributed by atoms with Gasteiger partial charge in [0.2, 0.25) is 0 Å². The van der Waals surface area contributed by atoms with E-state index in [1.807, 2.05) is 0 Å². The molecule has 0 atom stereocenters. The van der Waals surface area contributed by atoms with Crippen molar-refractivity contribution in [2.75, 3.05) is 6.26 Å². The predicted molar refractivity (Wildman–Crippen MR) is 26.9 cm³/mol. The van der Waals surface area contributed by atoms with Crippen LogP contribution in [0.3, 0.4) is 0 Å². The fourth-order valence-electron chi connectivity index (χ4n) is 0.111. The molecule has 0 unspecified atom stereocenters. The molecule has 0 amide bonds. The summed E-state index contributed by atoms with van der Waals surface area (Å²) in [4.78, 5) is 0.